The molecule has 0 bridgehead atoms. The number of piperidine rings is 1. The molecule has 0 aromatic heterocycles. The van der Waals surface area contributed by atoms with E-state index in [1.54, 1.807) is 7.11 Å². The second-order valence-corrected chi connectivity index (χ2v) is 6.75. The summed E-state index contributed by atoms with van der Waals surface area (Å²) in [6.07, 6.45) is 2.43. The van der Waals surface area contributed by atoms with Gasteiger partial charge >= 0.3 is 0 Å². The number of ether oxygens (including phenoxy) is 1. The molecule has 0 radical (unpaired) electrons. The summed E-state index contributed by atoms with van der Waals surface area (Å²) < 4.78 is 5.51. The molecule has 1 fully saturated rings. The van der Waals surface area contributed by atoms with Gasteiger partial charge in [0.25, 0.3) is 0 Å². The minimum atomic E-state index is -0.195. The molecule has 0 aromatic rings. The molecule has 4 nitrogen and oxygen atoms in total. The van der Waals surface area contributed by atoms with E-state index >= 15 is 0 Å². The summed E-state index contributed by atoms with van der Waals surface area (Å²) in [6, 6.07) is -0.0965. The smallest absolute Gasteiger partial charge is 0.224 e. The van der Waals surface area contributed by atoms with E-state index < -0.39 is 0 Å². The maximum atomic E-state index is 12.2. The molecule has 1 aliphatic rings. The number of carbonyl (C=O) groups is 1. The Labute approximate surface area is 111 Å². The monoisotopic (exact) mass is 256 g/mol. The highest BCUT2D eigenvalue weighted by molar-refractivity contribution is 5.77. The lowest BCUT2D eigenvalue weighted by atomic mass is 9.85. The molecule has 4 heteroatoms. The fraction of sp³-hybridized carbons (Fsp3) is 0.929. The van der Waals surface area contributed by atoms with Crippen molar-refractivity contribution in [3.05, 3.63) is 0 Å². The molecule has 18 heavy (non-hydrogen) atoms. The van der Waals surface area contributed by atoms with E-state index in [9.17, 15) is 4.79 Å². The highest BCUT2D eigenvalue weighted by atomic mass is 16.5. The standard InChI is InChI=1S/C14H28N2O2/c1-13(2,3)11(15)9-12(17)16-8-6-7-14(4,10-16)18-5/h11H,6-10,15H2,1-5H3. The van der Waals surface area contributed by atoms with Crippen molar-refractivity contribution in [2.45, 2.75) is 58.6 Å². The fourth-order valence-electron chi connectivity index (χ4n) is 2.21. The third-order valence-electron chi connectivity index (χ3n) is 4.01. The average Bonchev–Trinajstić information content (AvgIpc) is 2.27. The number of carbonyl (C=O) groups excluding carboxylic acids is 1. The van der Waals surface area contributed by atoms with Crippen LogP contribution in [-0.2, 0) is 9.53 Å². The van der Waals surface area contributed by atoms with E-state index in [1.807, 2.05) is 4.90 Å². The van der Waals surface area contributed by atoms with Gasteiger partial charge in [-0.1, -0.05) is 20.8 Å². The first-order valence-corrected chi connectivity index (χ1v) is 6.76. The van der Waals surface area contributed by atoms with Gasteiger partial charge in [-0.2, -0.15) is 0 Å². The molecule has 106 valence electrons. The molecule has 0 aromatic carbocycles. The van der Waals surface area contributed by atoms with E-state index in [4.69, 9.17) is 10.5 Å². The highest BCUT2D eigenvalue weighted by Crippen LogP contribution is 2.26. The maximum absolute atomic E-state index is 12.2. The zero-order valence-corrected chi connectivity index (χ0v) is 12.5. The summed E-state index contributed by atoms with van der Waals surface area (Å²) in [5, 5.41) is 0. The van der Waals surface area contributed by atoms with E-state index in [0.717, 1.165) is 19.4 Å². The summed E-state index contributed by atoms with van der Waals surface area (Å²) in [4.78, 5) is 14.2. The van der Waals surface area contributed by atoms with E-state index in [0.29, 0.717) is 13.0 Å². The first-order valence-electron chi connectivity index (χ1n) is 6.76. The summed E-state index contributed by atoms with van der Waals surface area (Å²) in [7, 11) is 1.72. The Hall–Kier alpha value is -0.610. The van der Waals surface area contributed by atoms with Gasteiger partial charge < -0.3 is 15.4 Å². The number of nitrogens with two attached hydrogens (primary N) is 1. The molecule has 0 spiro atoms. The minimum Gasteiger partial charge on any atom is -0.377 e. The van der Waals surface area contributed by atoms with Gasteiger partial charge in [-0.3, -0.25) is 4.79 Å². The third-order valence-corrected chi connectivity index (χ3v) is 4.01. The van der Waals surface area contributed by atoms with Gasteiger partial charge in [0.1, 0.15) is 0 Å². The van der Waals surface area contributed by atoms with E-state index in [1.165, 1.54) is 0 Å². The Morgan fingerprint density at radius 1 is 1.50 bits per heavy atom. The number of hydrogen-bond acceptors (Lipinski definition) is 3. The van der Waals surface area contributed by atoms with Crippen LogP contribution in [0.4, 0.5) is 0 Å². The van der Waals surface area contributed by atoms with Crippen LogP contribution in [0.15, 0.2) is 0 Å². The van der Waals surface area contributed by atoms with Crippen molar-refractivity contribution in [2.24, 2.45) is 11.1 Å². The van der Waals surface area contributed by atoms with Crippen LogP contribution in [0.3, 0.4) is 0 Å². The third kappa shape index (κ3) is 3.95. The summed E-state index contributed by atoms with van der Waals surface area (Å²) in [6.45, 7) is 9.78. The van der Waals surface area contributed by atoms with Crippen LogP contribution < -0.4 is 5.73 Å². The Morgan fingerprint density at radius 3 is 2.61 bits per heavy atom. The lowest BCUT2D eigenvalue weighted by Crippen LogP contribution is -2.51. The molecule has 2 N–H and O–H groups in total. The number of amides is 1. The Kier molecular flexibility index (Phi) is 4.78. The lowest BCUT2D eigenvalue weighted by Gasteiger charge is -2.40. The Morgan fingerprint density at radius 2 is 2.11 bits per heavy atom. The highest BCUT2D eigenvalue weighted by Gasteiger charge is 2.34. The summed E-state index contributed by atoms with van der Waals surface area (Å²) in [5.41, 5.74) is 5.85. The van der Waals surface area contributed by atoms with Crippen LogP contribution in [0.25, 0.3) is 0 Å². The molecule has 1 rings (SSSR count). The first-order chi connectivity index (χ1) is 8.18. The number of rotatable bonds is 3. The molecule has 0 saturated carbocycles. The van der Waals surface area contributed by atoms with Crippen LogP contribution in [0.2, 0.25) is 0 Å². The second-order valence-electron chi connectivity index (χ2n) is 6.75. The van der Waals surface area contributed by atoms with E-state index in [-0.39, 0.29) is 23.0 Å². The Bertz CT molecular complexity index is 299. The van der Waals surface area contributed by atoms with Crippen LogP contribution in [0.5, 0.6) is 0 Å². The van der Waals surface area contributed by atoms with Gasteiger partial charge in [0.2, 0.25) is 5.91 Å². The number of nitrogens with zero attached hydrogens (tertiary/aromatic N) is 1. The van der Waals surface area contributed by atoms with Gasteiger partial charge in [0.15, 0.2) is 0 Å². The average molecular weight is 256 g/mol. The minimum absolute atomic E-state index is 0.0317. The van der Waals surface area contributed by atoms with Crippen molar-refractivity contribution < 1.29 is 9.53 Å². The summed E-state index contributed by atoms with van der Waals surface area (Å²) in [5.74, 6) is 0.153. The van der Waals surface area contributed by atoms with E-state index in [2.05, 4.69) is 27.7 Å². The van der Waals surface area contributed by atoms with Gasteiger partial charge in [0, 0.05) is 32.7 Å². The predicted molar refractivity (Wildman–Crippen MR) is 73.3 cm³/mol. The normalized spacial score (nSPS) is 27.1. The van der Waals surface area contributed by atoms with Gasteiger partial charge in [-0.05, 0) is 25.2 Å². The number of likely N-dealkylation sites (tertiary alicyclic amines) is 1. The first kappa shape index (κ1) is 15.4. The molecule has 1 amide bonds. The van der Waals surface area contributed by atoms with Crippen molar-refractivity contribution in [3.63, 3.8) is 0 Å². The largest absolute Gasteiger partial charge is 0.377 e. The SMILES string of the molecule is COC1(C)CCCN(C(=O)CC(N)C(C)(C)C)C1. The van der Waals surface area contributed by atoms with Gasteiger partial charge in [-0.15, -0.1) is 0 Å². The zero-order valence-electron chi connectivity index (χ0n) is 12.5. The van der Waals surface area contributed by atoms with Crippen molar-refractivity contribution in [3.8, 4) is 0 Å². The van der Waals surface area contributed by atoms with Crippen molar-refractivity contribution in [2.75, 3.05) is 20.2 Å². The molecular weight excluding hydrogens is 228 g/mol. The second kappa shape index (κ2) is 5.57. The zero-order chi connectivity index (χ0) is 14.0. The number of hydrogen-bond donors (Lipinski definition) is 1. The quantitative estimate of drug-likeness (QED) is 0.837. The molecule has 0 aliphatic carbocycles. The summed E-state index contributed by atoms with van der Waals surface area (Å²) >= 11 is 0. The molecule has 2 atom stereocenters. The molecule has 1 aliphatic heterocycles. The van der Waals surface area contributed by atoms with Crippen molar-refractivity contribution in [1.29, 1.82) is 0 Å². The lowest BCUT2D eigenvalue weighted by molar-refractivity contribution is -0.140. The van der Waals surface area contributed by atoms with Crippen LogP contribution in [0.1, 0.15) is 47.0 Å². The molecule has 2 unspecified atom stereocenters. The van der Waals surface area contributed by atoms with Crippen LogP contribution in [-0.4, -0.2) is 42.6 Å². The van der Waals surface area contributed by atoms with Crippen LogP contribution in [0, 0.1) is 5.41 Å². The fourth-order valence-corrected chi connectivity index (χ4v) is 2.21. The molecule has 1 heterocycles. The topological polar surface area (TPSA) is 55.6 Å². The van der Waals surface area contributed by atoms with Crippen molar-refractivity contribution in [1.82, 2.24) is 4.90 Å². The van der Waals surface area contributed by atoms with Gasteiger partial charge in [0.05, 0.1) is 5.60 Å². The Balaban J connectivity index is 2.57. The molecular formula is C14H28N2O2. The van der Waals surface area contributed by atoms with Crippen molar-refractivity contribution >= 4 is 5.91 Å². The van der Waals surface area contributed by atoms with Gasteiger partial charge in [-0.25, -0.2) is 0 Å². The maximum Gasteiger partial charge on any atom is 0.224 e. The predicted octanol–water partition coefficient (Wildman–Crippen LogP) is 1.78. The molecule has 1 saturated heterocycles. The van der Waals surface area contributed by atoms with Crippen LogP contribution >= 0.6 is 0 Å². The number of methoxy groups -OCH3 is 1.